The lowest BCUT2D eigenvalue weighted by Crippen LogP contribution is -2.37. The molecule has 2 amide bonds. The van der Waals surface area contributed by atoms with Gasteiger partial charge in [0.1, 0.15) is 5.52 Å². The molecule has 2 aliphatic rings. The summed E-state index contributed by atoms with van der Waals surface area (Å²) in [5, 5.41) is 4.29. The maximum Gasteiger partial charge on any atom is 0.263 e. The summed E-state index contributed by atoms with van der Waals surface area (Å²) < 4.78 is 5.90. The second-order valence-corrected chi connectivity index (χ2v) is 9.18. The number of thiophene rings is 1. The van der Waals surface area contributed by atoms with Gasteiger partial charge in [-0.3, -0.25) is 9.59 Å². The number of carbonyl (C=O) groups excluding carboxylic acids is 2. The number of rotatable bonds is 4. The Balaban J connectivity index is 1.21. The van der Waals surface area contributed by atoms with Gasteiger partial charge in [0.15, 0.2) is 11.5 Å². The Bertz CT molecular complexity index is 1080. The number of fused-ring (bicyclic) bond motifs is 1. The molecule has 29 heavy (non-hydrogen) atoms. The molecule has 0 bridgehead atoms. The second kappa shape index (κ2) is 7.46. The first-order valence-corrected chi connectivity index (χ1v) is 11.0. The number of benzene rings is 1. The van der Waals surface area contributed by atoms with Gasteiger partial charge in [0.25, 0.3) is 5.91 Å². The Hall–Kier alpha value is -2.38. The lowest BCUT2D eigenvalue weighted by Gasteiger charge is -2.30. The normalized spacial score (nSPS) is 17.6. The minimum absolute atomic E-state index is 0.0183. The van der Waals surface area contributed by atoms with Crippen LogP contribution in [0.1, 0.15) is 47.2 Å². The molecule has 1 saturated carbocycles. The third-order valence-electron chi connectivity index (χ3n) is 5.51. The van der Waals surface area contributed by atoms with Crippen LogP contribution in [0, 0.1) is 5.92 Å². The van der Waals surface area contributed by atoms with Crippen LogP contribution in [-0.2, 0) is 4.79 Å². The van der Waals surface area contributed by atoms with E-state index in [0.29, 0.717) is 23.0 Å². The van der Waals surface area contributed by atoms with Gasteiger partial charge >= 0.3 is 0 Å². The largest absolute Gasteiger partial charge is 0.440 e. The average molecular weight is 430 g/mol. The highest BCUT2D eigenvalue weighted by molar-refractivity contribution is 7.18. The molecule has 6 nitrogen and oxygen atoms in total. The number of hydrogen-bond donors (Lipinski definition) is 1. The molecule has 2 fully saturated rings. The number of carbonyl (C=O) groups is 2. The molecule has 0 radical (unpaired) electrons. The fourth-order valence-corrected chi connectivity index (χ4v) is 4.71. The van der Waals surface area contributed by atoms with Crippen molar-refractivity contribution in [3.05, 3.63) is 46.1 Å². The third-order valence-corrected chi connectivity index (χ3v) is 6.73. The van der Waals surface area contributed by atoms with Gasteiger partial charge in [0, 0.05) is 29.9 Å². The molecule has 1 aromatic carbocycles. The monoisotopic (exact) mass is 429 g/mol. The third kappa shape index (κ3) is 3.89. The standard InChI is InChI=1S/C21H20ClN3O3S/c22-14-3-4-16-15(11-14)23-20(28-16)13-7-9-25(10-8-13)21(27)17-5-6-18(29-17)24-19(26)12-1-2-12/h3-6,11-13H,1-2,7-10H2,(H,24,26). The molecule has 1 aliphatic heterocycles. The molecular weight excluding hydrogens is 410 g/mol. The van der Waals surface area contributed by atoms with Crippen LogP contribution in [0.15, 0.2) is 34.7 Å². The summed E-state index contributed by atoms with van der Waals surface area (Å²) in [6.45, 7) is 1.31. The molecule has 5 rings (SSSR count). The van der Waals surface area contributed by atoms with Crippen molar-refractivity contribution in [1.82, 2.24) is 9.88 Å². The Morgan fingerprint density at radius 2 is 1.93 bits per heavy atom. The Morgan fingerprint density at radius 1 is 1.14 bits per heavy atom. The first-order valence-electron chi connectivity index (χ1n) is 9.83. The van der Waals surface area contributed by atoms with Crippen molar-refractivity contribution < 1.29 is 14.0 Å². The van der Waals surface area contributed by atoms with E-state index in [9.17, 15) is 9.59 Å². The first kappa shape index (κ1) is 18.6. The van der Waals surface area contributed by atoms with Gasteiger partial charge in [-0.05, 0) is 56.0 Å². The highest BCUT2D eigenvalue weighted by Crippen LogP contribution is 2.34. The minimum Gasteiger partial charge on any atom is -0.440 e. The lowest BCUT2D eigenvalue weighted by atomic mass is 9.96. The number of hydrogen-bond acceptors (Lipinski definition) is 5. The highest BCUT2D eigenvalue weighted by Gasteiger charge is 2.31. The minimum atomic E-state index is 0.0183. The quantitative estimate of drug-likeness (QED) is 0.639. The molecule has 1 N–H and O–H groups in total. The second-order valence-electron chi connectivity index (χ2n) is 7.66. The molecule has 1 aliphatic carbocycles. The SMILES string of the molecule is O=C(Nc1ccc(C(=O)N2CCC(c3nc4cc(Cl)ccc4o3)CC2)s1)C1CC1. The van der Waals surface area contributed by atoms with E-state index in [-0.39, 0.29) is 23.7 Å². The topological polar surface area (TPSA) is 75.4 Å². The average Bonchev–Trinajstić information content (AvgIpc) is 3.34. The summed E-state index contributed by atoms with van der Waals surface area (Å²) in [6, 6.07) is 9.05. The van der Waals surface area contributed by atoms with E-state index >= 15 is 0 Å². The van der Waals surface area contributed by atoms with Gasteiger partial charge in [-0.1, -0.05) is 11.6 Å². The van der Waals surface area contributed by atoms with Gasteiger partial charge < -0.3 is 14.6 Å². The molecular formula is C21H20ClN3O3S. The van der Waals surface area contributed by atoms with Crippen LogP contribution in [0.2, 0.25) is 5.02 Å². The smallest absolute Gasteiger partial charge is 0.263 e. The summed E-state index contributed by atoms with van der Waals surface area (Å²) >= 11 is 7.37. The summed E-state index contributed by atoms with van der Waals surface area (Å²) in [7, 11) is 0. The molecule has 150 valence electrons. The van der Waals surface area contributed by atoms with Crippen molar-refractivity contribution in [2.24, 2.45) is 5.92 Å². The number of halogens is 1. The predicted molar refractivity (Wildman–Crippen MR) is 113 cm³/mol. The number of oxazole rings is 1. The molecule has 0 spiro atoms. The van der Waals surface area contributed by atoms with E-state index < -0.39 is 0 Å². The van der Waals surface area contributed by atoms with Crippen LogP contribution in [0.3, 0.4) is 0 Å². The first-order chi connectivity index (χ1) is 14.1. The predicted octanol–water partition coefficient (Wildman–Crippen LogP) is 4.91. The molecule has 0 unspecified atom stereocenters. The van der Waals surface area contributed by atoms with Gasteiger partial charge in [0.2, 0.25) is 5.91 Å². The zero-order chi connectivity index (χ0) is 20.0. The fraction of sp³-hybridized carbons (Fsp3) is 0.381. The van der Waals surface area contributed by atoms with Crippen LogP contribution in [0.4, 0.5) is 5.00 Å². The van der Waals surface area contributed by atoms with Crippen molar-refractivity contribution in [3.8, 4) is 0 Å². The van der Waals surface area contributed by atoms with Crippen molar-refractivity contribution >= 4 is 50.9 Å². The Kier molecular flexibility index (Phi) is 4.80. The van der Waals surface area contributed by atoms with E-state index in [0.717, 1.165) is 47.7 Å². The van der Waals surface area contributed by atoms with Crippen molar-refractivity contribution in [3.63, 3.8) is 0 Å². The molecule has 3 aromatic rings. The number of nitrogens with zero attached hydrogens (tertiary/aromatic N) is 2. The fourth-order valence-electron chi connectivity index (χ4n) is 3.67. The highest BCUT2D eigenvalue weighted by atomic mass is 35.5. The van der Waals surface area contributed by atoms with Crippen LogP contribution >= 0.6 is 22.9 Å². The summed E-state index contributed by atoms with van der Waals surface area (Å²) in [6.07, 6.45) is 3.54. The van der Waals surface area contributed by atoms with Crippen molar-refractivity contribution in [2.45, 2.75) is 31.6 Å². The zero-order valence-electron chi connectivity index (χ0n) is 15.7. The van der Waals surface area contributed by atoms with Crippen LogP contribution in [-0.4, -0.2) is 34.8 Å². The van der Waals surface area contributed by atoms with Gasteiger partial charge in [-0.15, -0.1) is 11.3 Å². The number of piperidine rings is 1. The van der Waals surface area contributed by atoms with E-state index in [2.05, 4.69) is 10.3 Å². The van der Waals surface area contributed by atoms with Gasteiger partial charge in [-0.25, -0.2) is 4.98 Å². The van der Waals surface area contributed by atoms with Gasteiger partial charge in [-0.2, -0.15) is 0 Å². The van der Waals surface area contributed by atoms with E-state index in [1.54, 1.807) is 18.2 Å². The number of aromatic nitrogens is 1. The van der Waals surface area contributed by atoms with Crippen LogP contribution < -0.4 is 5.32 Å². The molecule has 3 heterocycles. The van der Waals surface area contributed by atoms with Crippen molar-refractivity contribution in [1.29, 1.82) is 0 Å². The van der Waals surface area contributed by atoms with E-state index in [1.165, 1.54) is 11.3 Å². The number of amides is 2. The Morgan fingerprint density at radius 3 is 2.69 bits per heavy atom. The maximum atomic E-state index is 12.8. The summed E-state index contributed by atoms with van der Waals surface area (Å²) in [5.74, 6) is 1.15. The maximum absolute atomic E-state index is 12.8. The molecule has 1 saturated heterocycles. The summed E-state index contributed by atoms with van der Waals surface area (Å²) in [4.78, 5) is 31.8. The molecule has 8 heteroatoms. The zero-order valence-corrected chi connectivity index (χ0v) is 17.3. The summed E-state index contributed by atoms with van der Waals surface area (Å²) in [5.41, 5.74) is 1.51. The van der Waals surface area contributed by atoms with E-state index in [4.69, 9.17) is 16.0 Å². The number of nitrogens with one attached hydrogen (secondary N) is 1. The van der Waals surface area contributed by atoms with Crippen molar-refractivity contribution in [2.75, 3.05) is 18.4 Å². The number of likely N-dealkylation sites (tertiary alicyclic amines) is 1. The van der Waals surface area contributed by atoms with E-state index in [1.807, 2.05) is 17.0 Å². The molecule has 0 atom stereocenters. The van der Waals surface area contributed by atoms with Crippen LogP contribution in [0.25, 0.3) is 11.1 Å². The van der Waals surface area contributed by atoms with Crippen LogP contribution in [0.5, 0.6) is 0 Å². The number of anilines is 1. The molecule has 2 aromatic heterocycles. The van der Waals surface area contributed by atoms with Gasteiger partial charge in [0.05, 0.1) is 9.88 Å². The lowest BCUT2D eigenvalue weighted by molar-refractivity contribution is -0.117. The Labute approximate surface area is 176 Å².